The molecule has 8 nitrogen and oxygen atoms in total. The van der Waals surface area contributed by atoms with Gasteiger partial charge in [0.25, 0.3) is 17.0 Å². The lowest BCUT2D eigenvalue weighted by atomic mass is 10.1. The van der Waals surface area contributed by atoms with Gasteiger partial charge in [0.2, 0.25) is 0 Å². The third-order valence-corrected chi connectivity index (χ3v) is 4.95. The molecule has 0 aliphatic heterocycles. The number of ether oxygens (including phenoxy) is 1. The summed E-state index contributed by atoms with van der Waals surface area (Å²) in [6, 6.07) is 6.41. The van der Waals surface area contributed by atoms with E-state index in [0.717, 1.165) is 17.5 Å². The molecule has 1 heterocycles. The number of rotatable bonds is 8. The van der Waals surface area contributed by atoms with Gasteiger partial charge in [0, 0.05) is 12.1 Å². The van der Waals surface area contributed by atoms with Crippen LogP contribution in [0.2, 0.25) is 0 Å². The Kier molecular flexibility index (Phi) is 7.14. The van der Waals surface area contributed by atoms with Gasteiger partial charge in [0.05, 0.1) is 10.8 Å². The first kappa shape index (κ1) is 21.4. The highest BCUT2D eigenvalue weighted by atomic mass is 16.5. The van der Waals surface area contributed by atoms with Gasteiger partial charge in [-0.05, 0) is 38.8 Å². The predicted octanol–water partition coefficient (Wildman–Crippen LogP) is 1.66. The predicted molar refractivity (Wildman–Crippen MR) is 106 cm³/mol. The first-order chi connectivity index (χ1) is 13.3. The number of H-pyrrole nitrogens is 1. The van der Waals surface area contributed by atoms with Crippen molar-refractivity contribution in [2.24, 2.45) is 0 Å². The maximum atomic E-state index is 12.5. The van der Waals surface area contributed by atoms with E-state index in [4.69, 9.17) is 4.74 Å². The van der Waals surface area contributed by atoms with Crippen LogP contribution < -0.4 is 11.1 Å². The van der Waals surface area contributed by atoms with Crippen LogP contribution in [0.4, 0.5) is 0 Å². The van der Waals surface area contributed by atoms with E-state index in [2.05, 4.69) is 5.10 Å². The number of carbonyl (C=O) groups is 2. The quantitative estimate of drug-likeness (QED) is 0.692. The number of amides is 1. The number of aromatic nitrogens is 2. The van der Waals surface area contributed by atoms with Gasteiger partial charge in [-0.15, -0.1) is 0 Å². The summed E-state index contributed by atoms with van der Waals surface area (Å²) in [5, 5.41) is 2.84. The second-order valence-corrected chi connectivity index (χ2v) is 6.85. The second kappa shape index (κ2) is 9.34. The van der Waals surface area contributed by atoms with Gasteiger partial charge < -0.3 is 9.64 Å². The molecule has 28 heavy (non-hydrogen) atoms. The lowest BCUT2D eigenvalue weighted by molar-refractivity contribution is -0.154. The maximum Gasteiger partial charge on any atom is 0.328 e. The fraction of sp³-hybridized carbons (Fsp3) is 0.500. The summed E-state index contributed by atoms with van der Waals surface area (Å²) in [7, 11) is 0. The molecule has 0 saturated carbocycles. The molecule has 1 amide bonds. The Bertz CT molecular complexity index is 952. The van der Waals surface area contributed by atoms with E-state index in [1.54, 1.807) is 17.0 Å². The average molecular weight is 389 g/mol. The number of aromatic amines is 1. The van der Waals surface area contributed by atoms with Gasteiger partial charge in [-0.25, -0.2) is 4.68 Å². The van der Waals surface area contributed by atoms with E-state index in [-0.39, 0.29) is 28.8 Å². The molecule has 0 radical (unpaired) electrons. The first-order valence-corrected chi connectivity index (χ1v) is 9.48. The maximum absolute atomic E-state index is 12.5. The molecule has 2 rings (SSSR count). The number of benzene rings is 1. The summed E-state index contributed by atoms with van der Waals surface area (Å²) in [5.41, 5.74) is -0.974. The number of hydrogen-bond donors (Lipinski definition) is 1. The first-order valence-electron chi connectivity index (χ1n) is 9.48. The molecule has 0 aliphatic rings. The Morgan fingerprint density at radius 2 is 1.64 bits per heavy atom. The Balaban J connectivity index is 2.09. The lowest BCUT2D eigenvalue weighted by Crippen LogP contribution is -2.46. The molecule has 0 unspecified atom stereocenters. The van der Waals surface area contributed by atoms with E-state index in [1.807, 2.05) is 27.7 Å². The minimum atomic E-state index is -0.769. The molecule has 1 aromatic heterocycles. The van der Waals surface area contributed by atoms with Crippen molar-refractivity contribution in [3.05, 3.63) is 45.0 Å². The fourth-order valence-corrected chi connectivity index (χ4v) is 3.07. The zero-order valence-corrected chi connectivity index (χ0v) is 16.7. The Labute approximate surface area is 163 Å². The molecule has 0 aliphatic carbocycles. The number of esters is 1. The van der Waals surface area contributed by atoms with Crippen LogP contribution in [0.25, 0.3) is 10.8 Å². The molecule has 0 fully saturated rings. The third-order valence-electron chi connectivity index (χ3n) is 4.95. The number of hydrogen-bond acceptors (Lipinski definition) is 5. The van der Waals surface area contributed by atoms with E-state index in [9.17, 15) is 19.2 Å². The SMILES string of the molecule is CC[C@@H](C)N(C(=O)COC(=O)Cn1[nH]c(=O)c2ccccc2c1=O)[C@H](C)CC. The zero-order chi connectivity index (χ0) is 20.8. The molecule has 1 N–H and O–H groups in total. The topological polar surface area (TPSA) is 101 Å². The highest BCUT2D eigenvalue weighted by Crippen LogP contribution is 2.12. The second-order valence-electron chi connectivity index (χ2n) is 6.85. The molecule has 2 aromatic rings. The van der Waals surface area contributed by atoms with E-state index < -0.39 is 30.2 Å². The summed E-state index contributed by atoms with van der Waals surface area (Å²) in [5.74, 6) is -1.05. The molecule has 1 aromatic carbocycles. The lowest BCUT2D eigenvalue weighted by Gasteiger charge is -2.33. The number of nitrogens with zero attached hydrogens (tertiary/aromatic N) is 2. The number of carbonyl (C=O) groups excluding carboxylic acids is 2. The van der Waals surface area contributed by atoms with Crippen LogP contribution >= 0.6 is 0 Å². The van der Waals surface area contributed by atoms with Gasteiger partial charge in [-0.1, -0.05) is 26.0 Å². The van der Waals surface area contributed by atoms with Crippen LogP contribution in [0, 0.1) is 0 Å². The fourth-order valence-electron chi connectivity index (χ4n) is 3.07. The molecule has 0 bridgehead atoms. The minimum absolute atomic E-state index is 0.0283. The number of fused-ring (bicyclic) bond motifs is 1. The molecular weight excluding hydrogens is 362 g/mol. The average Bonchev–Trinajstić information content (AvgIpc) is 2.70. The Morgan fingerprint density at radius 3 is 2.21 bits per heavy atom. The molecular formula is C20H27N3O5. The van der Waals surface area contributed by atoms with Crippen LogP contribution in [0.5, 0.6) is 0 Å². The largest absolute Gasteiger partial charge is 0.454 e. The summed E-state index contributed by atoms with van der Waals surface area (Å²) < 4.78 is 5.97. The Morgan fingerprint density at radius 1 is 1.07 bits per heavy atom. The zero-order valence-electron chi connectivity index (χ0n) is 16.7. The standard InChI is InChI=1S/C20H27N3O5/c1-5-13(3)23(14(4)6-2)17(24)12-28-18(25)11-22-20(27)16-10-8-7-9-15(16)19(26)21-22/h7-10,13-14H,5-6,11-12H2,1-4H3,(H,21,26)/t13-,14-/m1/s1. The van der Waals surface area contributed by atoms with E-state index in [1.165, 1.54) is 12.1 Å². The smallest absolute Gasteiger partial charge is 0.328 e. The minimum Gasteiger partial charge on any atom is -0.454 e. The molecule has 152 valence electrons. The van der Waals surface area contributed by atoms with Crippen LogP contribution in [-0.2, 0) is 20.9 Å². The highest BCUT2D eigenvalue weighted by Gasteiger charge is 2.24. The summed E-state index contributed by atoms with van der Waals surface area (Å²) >= 11 is 0. The van der Waals surface area contributed by atoms with E-state index in [0.29, 0.717) is 0 Å². The summed E-state index contributed by atoms with van der Waals surface area (Å²) in [4.78, 5) is 50.9. The summed E-state index contributed by atoms with van der Waals surface area (Å²) in [6.45, 7) is 7.00. The van der Waals surface area contributed by atoms with Crippen molar-refractivity contribution in [2.75, 3.05) is 6.61 Å². The van der Waals surface area contributed by atoms with Crippen molar-refractivity contribution in [3.63, 3.8) is 0 Å². The van der Waals surface area contributed by atoms with Gasteiger partial charge >= 0.3 is 5.97 Å². The molecule has 8 heteroatoms. The molecule has 0 spiro atoms. The van der Waals surface area contributed by atoms with Crippen molar-refractivity contribution in [2.45, 2.75) is 59.2 Å². The van der Waals surface area contributed by atoms with E-state index >= 15 is 0 Å². The summed E-state index contributed by atoms with van der Waals surface area (Å²) in [6.07, 6.45) is 1.58. The van der Waals surface area contributed by atoms with Gasteiger partial charge in [-0.3, -0.25) is 24.3 Å². The van der Waals surface area contributed by atoms with Crippen LogP contribution in [-0.4, -0.2) is 45.2 Å². The Hall–Kier alpha value is -2.90. The van der Waals surface area contributed by atoms with Crippen molar-refractivity contribution >= 4 is 22.6 Å². The van der Waals surface area contributed by atoms with Crippen molar-refractivity contribution in [3.8, 4) is 0 Å². The van der Waals surface area contributed by atoms with Crippen molar-refractivity contribution < 1.29 is 14.3 Å². The van der Waals surface area contributed by atoms with Gasteiger partial charge in [0.1, 0.15) is 6.54 Å². The van der Waals surface area contributed by atoms with Crippen LogP contribution in [0.1, 0.15) is 40.5 Å². The van der Waals surface area contributed by atoms with Crippen molar-refractivity contribution in [1.82, 2.24) is 14.7 Å². The molecule has 0 saturated heterocycles. The number of nitrogens with one attached hydrogen (secondary N) is 1. The monoisotopic (exact) mass is 389 g/mol. The highest BCUT2D eigenvalue weighted by molar-refractivity contribution is 5.82. The molecule has 2 atom stereocenters. The normalized spacial score (nSPS) is 13.1. The van der Waals surface area contributed by atoms with Crippen molar-refractivity contribution in [1.29, 1.82) is 0 Å². The van der Waals surface area contributed by atoms with Gasteiger partial charge in [0.15, 0.2) is 6.61 Å². The third kappa shape index (κ3) is 4.68. The van der Waals surface area contributed by atoms with Crippen LogP contribution in [0.15, 0.2) is 33.9 Å². The van der Waals surface area contributed by atoms with Gasteiger partial charge in [-0.2, -0.15) is 0 Å². The van der Waals surface area contributed by atoms with Crippen LogP contribution in [0.3, 0.4) is 0 Å².